The average Bonchev–Trinajstić information content (AvgIpc) is 1.88. The smallest absolute Gasteiger partial charge is 0.354 e. The van der Waals surface area contributed by atoms with Crippen LogP contribution in [-0.2, 0) is 0 Å². The molecule has 0 saturated carbocycles. The van der Waals surface area contributed by atoms with Crippen LogP contribution in [-0.4, -0.2) is 67.4 Å². The van der Waals surface area contributed by atoms with Crippen molar-refractivity contribution in [1.29, 1.82) is 0 Å². The van der Waals surface area contributed by atoms with E-state index in [1.807, 2.05) is 0 Å². The number of aryl methyl sites for hydroxylation is 1. The van der Waals surface area contributed by atoms with Gasteiger partial charge in [0.25, 0.3) is 0 Å². The molecule has 1 heterocycles. The molecule has 0 aliphatic heterocycles. The van der Waals surface area contributed by atoms with Crippen molar-refractivity contribution in [2.45, 2.75) is 6.92 Å². The summed E-state index contributed by atoms with van der Waals surface area (Å²) in [6, 6.07) is 3.43. The summed E-state index contributed by atoms with van der Waals surface area (Å²) in [5.74, 6) is -0.974. The molecule has 0 spiro atoms. The van der Waals surface area contributed by atoms with E-state index in [0.717, 1.165) is 0 Å². The fourth-order valence-electron chi connectivity index (χ4n) is 0.710. The number of pyridine rings is 1. The molecular weight excluding hydrogens is 169 g/mol. The zero-order valence-corrected chi connectivity index (χ0v) is 9.66. The summed E-state index contributed by atoms with van der Waals surface area (Å²) in [6.07, 6.45) is 1.47. The largest absolute Gasteiger partial charge is 0.477 e. The maximum absolute atomic E-state index is 10.4. The predicted octanol–water partition coefficient (Wildman–Crippen LogP) is 0.707. The minimum absolute atomic E-state index is 0. The second-order valence-electron chi connectivity index (χ2n) is 1.97. The third kappa shape index (κ3) is 3.00. The van der Waals surface area contributed by atoms with E-state index in [1.165, 1.54) is 6.20 Å². The summed E-state index contributed by atoms with van der Waals surface area (Å²) in [7, 11) is 0. The third-order valence-corrected chi connectivity index (χ3v) is 1.21. The SMILES string of the molecule is Cc1cccnc1C(=O)O.[K]. The van der Waals surface area contributed by atoms with Crippen LogP contribution in [0.4, 0.5) is 0 Å². The monoisotopic (exact) mass is 176 g/mol. The molecule has 1 aromatic rings. The molecule has 0 aliphatic carbocycles. The molecule has 3 nitrogen and oxygen atoms in total. The van der Waals surface area contributed by atoms with Crippen LogP contribution < -0.4 is 0 Å². The van der Waals surface area contributed by atoms with E-state index in [9.17, 15) is 4.79 Å². The van der Waals surface area contributed by atoms with Gasteiger partial charge in [-0.05, 0) is 18.6 Å². The number of hydrogen-bond donors (Lipinski definition) is 1. The Morgan fingerprint density at radius 1 is 1.64 bits per heavy atom. The maximum Gasteiger partial charge on any atom is 0.354 e. The molecule has 1 radical (unpaired) electrons. The van der Waals surface area contributed by atoms with Crippen LogP contribution in [0.2, 0.25) is 0 Å². The normalized spacial score (nSPS) is 8.45. The Hall–Kier alpha value is 0.256. The van der Waals surface area contributed by atoms with E-state index in [0.29, 0.717) is 5.56 Å². The summed E-state index contributed by atoms with van der Waals surface area (Å²) in [5, 5.41) is 8.50. The first-order valence-corrected chi connectivity index (χ1v) is 2.86. The summed E-state index contributed by atoms with van der Waals surface area (Å²) in [4.78, 5) is 14.0. The molecule has 11 heavy (non-hydrogen) atoms. The molecule has 1 rings (SSSR count). The van der Waals surface area contributed by atoms with Crippen molar-refractivity contribution >= 4 is 57.4 Å². The Balaban J connectivity index is 0.000001000. The molecule has 0 saturated heterocycles. The molecule has 0 aliphatic rings. The van der Waals surface area contributed by atoms with Gasteiger partial charge in [-0.1, -0.05) is 6.07 Å². The fourth-order valence-corrected chi connectivity index (χ4v) is 0.710. The van der Waals surface area contributed by atoms with Gasteiger partial charge in [0, 0.05) is 57.6 Å². The second kappa shape index (κ2) is 5.00. The van der Waals surface area contributed by atoms with Crippen molar-refractivity contribution in [1.82, 2.24) is 4.98 Å². The van der Waals surface area contributed by atoms with E-state index < -0.39 is 5.97 Å². The summed E-state index contributed by atoms with van der Waals surface area (Å²) in [5.41, 5.74) is 0.817. The molecule has 0 bridgehead atoms. The first kappa shape index (κ1) is 11.3. The minimum atomic E-state index is -0.974. The van der Waals surface area contributed by atoms with E-state index in [2.05, 4.69) is 4.98 Å². The molecule has 53 valence electrons. The summed E-state index contributed by atoms with van der Waals surface area (Å²) >= 11 is 0. The Morgan fingerprint density at radius 2 is 2.27 bits per heavy atom. The van der Waals surface area contributed by atoms with E-state index >= 15 is 0 Å². The molecule has 1 N–H and O–H groups in total. The molecule has 0 amide bonds. The van der Waals surface area contributed by atoms with Gasteiger partial charge < -0.3 is 5.11 Å². The van der Waals surface area contributed by atoms with Gasteiger partial charge in [0.2, 0.25) is 0 Å². The molecule has 0 fully saturated rings. The Kier molecular flexibility index (Phi) is 5.12. The molecule has 0 aromatic carbocycles. The van der Waals surface area contributed by atoms with Crippen LogP contribution in [0, 0.1) is 6.92 Å². The van der Waals surface area contributed by atoms with Crippen molar-refractivity contribution in [3.8, 4) is 0 Å². The Labute approximate surface area is 107 Å². The second-order valence-corrected chi connectivity index (χ2v) is 1.97. The molecule has 4 heteroatoms. The van der Waals surface area contributed by atoms with Crippen molar-refractivity contribution in [2.24, 2.45) is 0 Å². The third-order valence-electron chi connectivity index (χ3n) is 1.21. The van der Waals surface area contributed by atoms with Crippen LogP contribution in [0.15, 0.2) is 18.3 Å². The van der Waals surface area contributed by atoms with Crippen LogP contribution in [0.25, 0.3) is 0 Å². The van der Waals surface area contributed by atoms with Crippen molar-refractivity contribution in [3.05, 3.63) is 29.6 Å². The molecule has 1 aromatic heterocycles. The van der Waals surface area contributed by atoms with Crippen LogP contribution in [0.5, 0.6) is 0 Å². The standard InChI is InChI=1S/C7H7NO2.K/c1-5-3-2-4-8-6(5)7(9)10;/h2-4H,1H3,(H,9,10);. The maximum atomic E-state index is 10.4. The predicted molar refractivity (Wildman–Crippen MR) is 41.7 cm³/mol. The van der Waals surface area contributed by atoms with E-state index in [4.69, 9.17) is 5.11 Å². The quantitative estimate of drug-likeness (QED) is 0.641. The zero-order valence-electron chi connectivity index (χ0n) is 6.53. The van der Waals surface area contributed by atoms with Gasteiger partial charge in [0.05, 0.1) is 0 Å². The fraction of sp³-hybridized carbons (Fsp3) is 0.143. The first-order chi connectivity index (χ1) is 4.72. The van der Waals surface area contributed by atoms with Gasteiger partial charge >= 0.3 is 5.97 Å². The van der Waals surface area contributed by atoms with Crippen LogP contribution in [0.3, 0.4) is 0 Å². The summed E-state index contributed by atoms with van der Waals surface area (Å²) in [6.45, 7) is 1.72. The summed E-state index contributed by atoms with van der Waals surface area (Å²) < 4.78 is 0. The van der Waals surface area contributed by atoms with Gasteiger partial charge in [-0.3, -0.25) is 0 Å². The number of carboxylic acid groups (broad SMARTS) is 1. The number of aromatic carboxylic acids is 1. The van der Waals surface area contributed by atoms with Gasteiger partial charge in [-0.25, -0.2) is 9.78 Å². The van der Waals surface area contributed by atoms with Gasteiger partial charge in [-0.2, -0.15) is 0 Å². The molecule has 0 atom stereocenters. The topological polar surface area (TPSA) is 50.2 Å². The molecular formula is C7H7KNO2. The van der Waals surface area contributed by atoms with Gasteiger partial charge in [0.1, 0.15) is 0 Å². The molecule has 0 unspecified atom stereocenters. The van der Waals surface area contributed by atoms with Crippen molar-refractivity contribution < 1.29 is 9.90 Å². The number of aromatic nitrogens is 1. The van der Waals surface area contributed by atoms with Crippen molar-refractivity contribution in [3.63, 3.8) is 0 Å². The number of nitrogens with zero attached hydrogens (tertiary/aromatic N) is 1. The number of hydrogen-bond acceptors (Lipinski definition) is 2. The number of carbonyl (C=O) groups is 1. The Bertz CT molecular complexity index is 262. The van der Waals surface area contributed by atoms with Crippen LogP contribution >= 0.6 is 0 Å². The minimum Gasteiger partial charge on any atom is -0.477 e. The van der Waals surface area contributed by atoms with Crippen molar-refractivity contribution in [2.75, 3.05) is 0 Å². The first-order valence-electron chi connectivity index (χ1n) is 2.86. The number of carboxylic acids is 1. The number of rotatable bonds is 1. The zero-order chi connectivity index (χ0) is 7.56. The Morgan fingerprint density at radius 3 is 2.64 bits per heavy atom. The van der Waals surface area contributed by atoms with Gasteiger partial charge in [-0.15, -0.1) is 0 Å². The van der Waals surface area contributed by atoms with Crippen LogP contribution in [0.1, 0.15) is 16.1 Å². The van der Waals surface area contributed by atoms with Gasteiger partial charge in [0.15, 0.2) is 5.69 Å². The van der Waals surface area contributed by atoms with E-state index in [-0.39, 0.29) is 57.1 Å². The average molecular weight is 176 g/mol. The van der Waals surface area contributed by atoms with E-state index in [1.54, 1.807) is 19.1 Å².